The van der Waals surface area contributed by atoms with Crippen molar-refractivity contribution in [2.24, 2.45) is 0 Å². The number of hydrogen-bond donors (Lipinski definition) is 1. The van der Waals surface area contributed by atoms with Crippen LogP contribution in [-0.4, -0.2) is 10.9 Å². The van der Waals surface area contributed by atoms with E-state index in [1.807, 2.05) is 0 Å². The molecule has 0 heterocycles. The molecule has 1 N–H and O–H groups in total. The molecule has 0 aromatic heterocycles. The number of carbonyl (C=O) groups excluding carboxylic acids is 1. The summed E-state index contributed by atoms with van der Waals surface area (Å²) >= 11 is 0. The molecule has 0 aliphatic heterocycles. The van der Waals surface area contributed by atoms with Crippen molar-refractivity contribution in [2.45, 2.75) is 52.4 Å². The van der Waals surface area contributed by atoms with E-state index in [0.29, 0.717) is 6.42 Å². The van der Waals surface area contributed by atoms with E-state index in [4.69, 9.17) is 0 Å². The fourth-order valence-electron chi connectivity index (χ4n) is 1.22. The van der Waals surface area contributed by atoms with Crippen LogP contribution in [0.25, 0.3) is 0 Å². The maximum absolute atomic E-state index is 10.6. The van der Waals surface area contributed by atoms with Crippen molar-refractivity contribution < 1.29 is 9.90 Å². The number of aliphatic hydroxyl groups is 1. The summed E-state index contributed by atoms with van der Waals surface area (Å²) in [5.41, 5.74) is 0. The lowest BCUT2D eigenvalue weighted by Gasteiger charge is -1.99. The average Bonchev–Trinajstić information content (AvgIpc) is 2.02. The topological polar surface area (TPSA) is 37.3 Å². The molecule has 0 amide bonds. The van der Waals surface area contributed by atoms with Crippen LogP contribution in [-0.2, 0) is 4.79 Å². The minimum absolute atomic E-state index is 0.0777. The van der Waals surface area contributed by atoms with Crippen molar-refractivity contribution in [3.8, 4) is 0 Å². The van der Waals surface area contributed by atoms with Gasteiger partial charge >= 0.3 is 0 Å². The normalized spacial score (nSPS) is 11.7. The summed E-state index contributed by atoms with van der Waals surface area (Å²) in [7, 11) is 0. The summed E-state index contributed by atoms with van der Waals surface area (Å²) in [4.78, 5) is 10.6. The third-order valence-corrected chi connectivity index (χ3v) is 1.91. The van der Waals surface area contributed by atoms with Crippen LogP contribution < -0.4 is 0 Å². The summed E-state index contributed by atoms with van der Waals surface area (Å²) in [6.07, 6.45) is 7.79. The number of carbonyl (C=O) groups is 1. The highest BCUT2D eigenvalue weighted by molar-refractivity contribution is 5.87. The molecule has 0 saturated heterocycles. The van der Waals surface area contributed by atoms with Crippen molar-refractivity contribution in [3.05, 3.63) is 11.8 Å². The van der Waals surface area contributed by atoms with E-state index < -0.39 is 0 Å². The van der Waals surface area contributed by atoms with Crippen molar-refractivity contribution in [2.75, 3.05) is 0 Å². The SMILES string of the molecule is CCCCCCCC(O)=CC(C)=O. The molecule has 0 spiro atoms. The predicted molar refractivity (Wildman–Crippen MR) is 54.8 cm³/mol. The fraction of sp³-hybridized carbons (Fsp3) is 0.727. The van der Waals surface area contributed by atoms with Gasteiger partial charge < -0.3 is 5.11 Å². The first-order valence-electron chi connectivity index (χ1n) is 5.07. The van der Waals surface area contributed by atoms with Gasteiger partial charge in [-0.3, -0.25) is 4.79 Å². The highest BCUT2D eigenvalue weighted by Gasteiger charge is 1.95. The lowest BCUT2D eigenvalue weighted by molar-refractivity contribution is -0.112. The monoisotopic (exact) mass is 184 g/mol. The first-order valence-corrected chi connectivity index (χ1v) is 5.07. The Morgan fingerprint density at radius 2 is 1.85 bits per heavy atom. The summed E-state index contributed by atoms with van der Waals surface area (Å²) < 4.78 is 0. The maximum Gasteiger partial charge on any atom is 0.155 e. The van der Waals surface area contributed by atoms with Gasteiger partial charge in [0.05, 0.1) is 5.76 Å². The molecular weight excluding hydrogens is 164 g/mol. The van der Waals surface area contributed by atoms with Crippen LogP contribution in [0.5, 0.6) is 0 Å². The molecule has 13 heavy (non-hydrogen) atoms. The molecule has 0 aromatic carbocycles. The van der Waals surface area contributed by atoms with Gasteiger partial charge in [0.15, 0.2) is 5.78 Å². The van der Waals surface area contributed by atoms with Gasteiger partial charge in [0, 0.05) is 12.5 Å². The molecule has 0 rings (SSSR count). The zero-order valence-electron chi connectivity index (χ0n) is 8.68. The first kappa shape index (κ1) is 12.2. The smallest absolute Gasteiger partial charge is 0.155 e. The molecule has 0 radical (unpaired) electrons. The minimum Gasteiger partial charge on any atom is -0.512 e. The number of ketones is 1. The molecule has 0 aliphatic carbocycles. The lowest BCUT2D eigenvalue weighted by Crippen LogP contribution is -1.89. The maximum atomic E-state index is 10.6. The number of unbranched alkanes of at least 4 members (excludes halogenated alkanes) is 4. The van der Waals surface area contributed by atoms with Crippen LogP contribution in [0.15, 0.2) is 11.8 Å². The van der Waals surface area contributed by atoms with E-state index in [-0.39, 0.29) is 11.5 Å². The highest BCUT2D eigenvalue weighted by Crippen LogP contribution is 2.08. The molecule has 2 heteroatoms. The van der Waals surface area contributed by atoms with Crippen LogP contribution in [0.2, 0.25) is 0 Å². The second kappa shape index (κ2) is 7.84. The summed E-state index contributed by atoms with van der Waals surface area (Å²) in [6.45, 7) is 3.63. The van der Waals surface area contributed by atoms with Gasteiger partial charge in [-0.25, -0.2) is 0 Å². The van der Waals surface area contributed by atoms with Gasteiger partial charge in [-0.15, -0.1) is 0 Å². The molecule has 0 aliphatic rings. The molecule has 0 aromatic rings. The molecule has 76 valence electrons. The standard InChI is InChI=1S/C11H20O2/c1-3-4-5-6-7-8-11(13)9-10(2)12/h9,13H,3-8H2,1-2H3. The van der Waals surface area contributed by atoms with Crippen LogP contribution in [0.4, 0.5) is 0 Å². The second-order valence-electron chi connectivity index (χ2n) is 3.41. The summed E-state index contributed by atoms with van der Waals surface area (Å²) in [6, 6.07) is 0. The van der Waals surface area contributed by atoms with E-state index in [9.17, 15) is 9.90 Å². The quantitative estimate of drug-likeness (QED) is 0.374. The minimum atomic E-state index is -0.0777. The van der Waals surface area contributed by atoms with Gasteiger partial charge in [0.2, 0.25) is 0 Å². The van der Waals surface area contributed by atoms with Gasteiger partial charge in [-0.05, 0) is 13.3 Å². The van der Waals surface area contributed by atoms with E-state index in [1.54, 1.807) is 0 Å². The van der Waals surface area contributed by atoms with E-state index in [2.05, 4.69) is 6.92 Å². The van der Waals surface area contributed by atoms with E-state index in [1.165, 1.54) is 32.3 Å². The van der Waals surface area contributed by atoms with Gasteiger partial charge in [-0.1, -0.05) is 32.6 Å². The predicted octanol–water partition coefficient (Wildman–Crippen LogP) is 3.38. The average molecular weight is 184 g/mol. The third kappa shape index (κ3) is 9.12. The Bertz CT molecular complexity index is 171. The van der Waals surface area contributed by atoms with Gasteiger partial charge in [0.25, 0.3) is 0 Å². The van der Waals surface area contributed by atoms with Crippen LogP contribution in [0, 0.1) is 0 Å². The number of allylic oxidation sites excluding steroid dienone is 2. The van der Waals surface area contributed by atoms with E-state index in [0.717, 1.165) is 12.8 Å². The van der Waals surface area contributed by atoms with Crippen molar-refractivity contribution >= 4 is 5.78 Å². The second-order valence-corrected chi connectivity index (χ2v) is 3.41. The molecule has 0 atom stereocenters. The Hall–Kier alpha value is -0.790. The Kier molecular flexibility index (Phi) is 7.36. The largest absolute Gasteiger partial charge is 0.512 e. The van der Waals surface area contributed by atoms with Crippen LogP contribution in [0.3, 0.4) is 0 Å². The third-order valence-electron chi connectivity index (χ3n) is 1.91. The van der Waals surface area contributed by atoms with Gasteiger partial charge in [0.1, 0.15) is 0 Å². The fourth-order valence-corrected chi connectivity index (χ4v) is 1.22. The van der Waals surface area contributed by atoms with Crippen molar-refractivity contribution in [1.29, 1.82) is 0 Å². The molecule has 0 fully saturated rings. The van der Waals surface area contributed by atoms with Crippen LogP contribution >= 0.6 is 0 Å². The Labute approximate surface area is 80.7 Å². The Morgan fingerprint density at radius 3 is 2.38 bits per heavy atom. The lowest BCUT2D eigenvalue weighted by atomic mass is 10.1. The zero-order valence-corrected chi connectivity index (χ0v) is 8.68. The Morgan fingerprint density at radius 1 is 1.23 bits per heavy atom. The van der Waals surface area contributed by atoms with Gasteiger partial charge in [-0.2, -0.15) is 0 Å². The van der Waals surface area contributed by atoms with Crippen LogP contribution in [0.1, 0.15) is 52.4 Å². The Balaban J connectivity index is 3.37. The molecule has 0 bridgehead atoms. The molecule has 0 saturated carbocycles. The zero-order chi connectivity index (χ0) is 10.1. The van der Waals surface area contributed by atoms with Crippen molar-refractivity contribution in [1.82, 2.24) is 0 Å². The van der Waals surface area contributed by atoms with E-state index >= 15 is 0 Å². The number of hydrogen-bond acceptors (Lipinski definition) is 2. The molecule has 2 nitrogen and oxygen atoms in total. The summed E-state index contributed by atoms with van der Waals surface area (Å²) in [5.74, 6) is 0.148. The number of rotatable bonds is 7. The number of aliphatic hydroxyl groups excluding tert-OH is 1. The van der Waals surface area contributed by atoms with Crippen molar-refractivity contribution in [3.63, 3.8) is 0 Å². The molecular formula is C11H20O2. The highest BCUT2D eigenvalue weighted by atomic mass is 16.3. The molecule has 0 unspecified atom stereocenters. The summed E-state index contributed by atoms with van der Waals surface area (Å²) in [5, 5.41) is 9.22. The first-order chi connectivity index (χ1) is 6.16.